The number of aromatic nitrogens is 1. The largest absolute Gasteiger partial charge is 0.489 e. The number of carbonyl (C=O) groups is 1. The van der Waals surface area contributed by atoms with Crippen molar-refractivity contribution >= 4 is 16.9 Å². The van der Waals surface area contributed by atoms with Crippen LogP contribution in [0.1, 0.15) is 27.8 Å². The Hall–Kier alpha value is -4.42. The van der Waals surface area contributed by atoms with Crippen molar-refractivity contribution in [3.8, 4) is 16.9 Å². The number of carboxylic acids is 1. The molecular formula is C31H28N2O4. The summed E-state index contributed by atoms with van der Waals surface area (Å²) in [5, 5.41) is 10.4. The highest BCUT2D eigenvalue weighted by Crippen LogP contribution is 2.36. The first kappa shape index (κ1) is 24.3. The van der Waals surface area contributed by atoms with Crippen LogP contribution in [0.3, 0.4) is 0 Å². The van der Waals surface area contributed by atoms with Crippen molar-refractivity contribution in [2.75, 3.05) is 0 Å². The van der Waals surface area contributed by atoms with Crippen LogP contribution in [0.4, 0.5) is 0 Å². The molecule has 3 aromatic carbocycles. The van der Waals surface area contributed by atoms with Crippen molar-refractivity contribution in [2.45, 2.75) is 32.4 Å². The summed E-state index contributed by atoms with van der Waals surface area (Å²) in [6, 6.07) is 23.6. The van der Waals surface area contributed by atoms with E-state index in [2.05, 4.69) is 23.2 Å². The van der Waals surface area contributed by atoms with E-state index >= 15 is 0 Å². The van der Waals surface area contributed by atoms with Crippen molar-refractivity contribution in [2.24, 2.45) is 5.73 Å². The summed E-state index contributed by atoms with van der Waals surface area (Å²) >= 11 is 0. The molecule has 0 saturated heterocycles. The highest BCUT2D eigenvalue weighted by Gasteiger charge is 2.18. The number of nitrogens with zero attached hydrogens (tertiary/aromatic N) is 1. The first-order chi connectivity index (χ1) is 18.1. The smallest absolute Gasteiger partial charge is 0.307 e. The number of carboxylic acid groups (broad SMARTS) is 1. The minimum absolute atomic E-state index is 0.0943. The topological polar surface area (TPSA) is 98.6 Å². The molecule has 0 saturated carbocycles. The van der Waals surface area contributed by atoms with Gasteiger partial charge in [0.25, 0.3) is 0 Å². The fourth-order valence-corrected chi connectivity index (χ4v) is 4.69. The van der Waals surface area contributed by atoms with Crippen LogP contribution in [0.2, 0.25) is 0 Å². The number of aryl methyl sites for hydroxylation is 2. The van der Waals surface area contributed by atoms with E-state index in [0.29, 0.717) is 24.5 Å². The Balaban J connectivity index is 1.56. The molecule has 0 aliphatic rings. The number of fused-ring (bicyclic) bond motifs is 1. The normalized spacial score (nSPS) is 11.1. The lowest BCUT2D eigenvalue weighted by Crippen LogP contribution is -2.06. The van der Waals surface area contributed by atoms with Gasteiger partial charge in [-0.3, -0.25) is 9.78 Å². The van der Waals surface area contributed by atoms with Gasteiger partial charge >= 0.3 is 5.97 Å². The van der Waals surface area contributed by atoms with Crippen molar-refractivity contribution in [1.29, 1.82) is 0 Å². The maximum absolute atomic E-state index is 11.4. The van der Waals surface area contributed by atoms with Gasteiger partial charge in [0.05, 0.1) is 12.7 Å². The van der Waals surface area contributed by atoms with Crippen molar-refractivity contribution in [3.05, 3.63) is 119 Å². The van der Waals surface area contributed by atoms with Crippen LogP contribution in [-0.2, 0) is 37.2 Å². The van der Waals surface area contributed by atoms with E-state index in [9.17, 15) is 9.90 Å². The van der Waals surface area contributed by atoms with Gasteiger partial charge in [0, 0.05) is 35.5 Å². The average Bonchev–Trinajstić information content (AvgIpc) is 3.41. The van der Waals surface area contributed by atoms with Crippen molar-refractivity contribution in [3.63, 3.8) is 0 Å². The fourth-order valence-electron chi connectivity index (χ4n) is 4.69. The van der Waals surface area contributed by atoms with Gasteiger partial charge in [0.1, 0.15) is 17.9 Å². The lowest BCUT2D eigenvalue weighted by Gasteiger charge is -2.17. The Bertz CT molecular complexity index is 1530. The zero-order valence-corrected chi connectivity index (χ0v) is 20.4. The number of pyridine rings is 1. The lowest BCUT2D eigenvalue weighted by atomic mass is 9.92. The molecule has 186 valence electrons. The predicted octanol–water partition coefficient (Wildman–Crippen LogP) is 5.94. The van der Waals surface area contributed by atoms with Crippen molar-refractivity contribution < 1.29 is 19.1 Å². The number of ether oxygens (including phenoxy) is 1. The molecule has 0 bridgehead atoms. The summed E-state index contributed by atoms with van der Waals surface area (Å²) in [5.41, 5.74) is 13.8. The molecule has 6 heteroatoms. The number of aliphatic carboxylic acids is 1. The zero-order valence-electron chi connectivity index (χ0n) is 20.4. The first-order valence-corrected chi connectivity index (χ1v) is 12.2. The predicted molar refractivity (Wildman–Crippen MR) is 143 cm³/mol. The van der Waals surface area contributed by atoms with E-state index in [1.807, 2.05) is 48.5 Å². The highest BCUT2D eigenvalue weighted by atomic mass is 16.5. The van der Waals surface area contributed by atoms with E-state index in [1.165, 1.54) is 5.56 Å². The number of hydrogen-bond acceptors (Lipinski definition) is 5. The Morgan fingerprint density at radius 1 is 0.919 bits per heavy atom. The zero-order chi connectivity index (χ0) is 25.6. The number of nitrogens with two attached hydrogens (primary N) is 1. The molecule has 3 N–H and O–H groups in total. The number of rotatable bonds is 10. The van der Waals surface area contributed by atoms with E-state index in [1.54, 1.807) is 24.7 Å². The number of hydrogen-bond donors (Lipinski definition) is 2. The monoisotopic (exact) mass is 492 g/mol. The number of furan rings is 1. The molecule has 0 unspecified atom stereocenters. The summed E-state index contributed by atoms with van der Waals surface area (Å²) < 4.78 is 12.3. The van der Waals surface area contributed by atoms with Gasteiger partial charge in [-0.15, -0.1) is 0 Å². The fraction of sp³-hybridized carbons (Fsp3) is 0.161. The van der Waals surface area contributed by atoms with Gasteiger partial charge in [-0.25, -0.2) is 0 Å². The Labute approximate surface area is 215 Å². The SMILES string of the molecule is NCc1cccc(-c2cc(COc3ccccc3CC(=O)O)c(CCc3ccncc3)c3ccoc23)c1. The summed E-state index contributed by atoms with van der Waals surface area (Å²) in [6.07, 6.45) is 6.87. The van der Waals surface area contributed by atoms with E-state index in [0.717, 1.165) is 51.6 Å². The Morgan fingerprint density at radius 3 is 2.57 bits per heavy atom. The van der Waals surface area contributed by atoms with E-state index < -0.39 is 5.97 Å². The molecule has 6 nitrogen and oxygen atoms in total. The maximum Gasteiger partial charge on any atom is 0.307 e. The molecule has 0 atom stereocenters. The van der Waals surface area contributed by atoms with Crippen LogP contribution in [0.15, 0.2) is 95.9 Å². The number of para-hydroxylation sites is 1. The summed E-state index contributed by atoms with van der Waals surface area (Å²) in [7, 11) is 0. The average molecular weight is 493 g/mol. The second kappa shape index (κ2) is 11.1. The lowest BCUT2D eigenvalue weighted by molar-refractivity contribution is -0.136. The molecule has 0 aliphatic carbocycles. The molecule has 0 amide bonds. The van der Waals surface area contributed by atoms with Crippen LogP contribution in [0.25, 0.3) is 22.1 Å². The quantitative estimate of drug-likeness (QED) is 0.250. The molecule has 0 spiro atoms. The number of benzene rings is 3. The second-order valence-electron chi connectivity index (χ2n) is 8.95. The Kier molecular flexibility index (Phi) is 7.28. The summed E-state index contributed by atoms with van der Waals surface area (Å²) in [4.78, 5) is 15.5. The van der Waals surface area contributed by atoms with Crippen LogP contribution in [0.5, 0.6) is 5.75 Å². The molecule has 0 aliphatic heterocycles. The van der Waals surface area contributed by atoms with E-state index in [-0.39, 0.29) is 6.42 Å². The van der Waals surface area contributed by atoms with E-state index in [4.69, 9.17) is 14.9 Å². The summed E-state index contributed by atoms with van der Waals surface area (Å²) in [5.74, 6) is -0.320. The van der Waals surface area contributed by atoms with Gasteiger partial charge < -0.3 is 20.0 Å². The highest BCUT2D eigenvalue weighted by molar-refractivity contribution is 5.95. The molecule has 0 radical (unpaired) electrons. The van der Waals surface area contributed by atoms with Gasteiger partial charge in [-0.05, 0) is 77.1 Å². The van der Waals surface area contributed by atoms with Gasteiger partial charge in [0.2, 0.25) is 0 Å². The van der Waals surface area contributed by atoms with Crippen LogP contribution in [0, 0.1) is 0 Å². The van der Waals surface area contributed by atoms with Crippen LogP contribution in [-0.4, -0.2) is 16.1 Å². The first-order valence-electron chi connectivity index (χ1n) is 12.2. The summed E-state index contributed by atoms with van der Waals surface area (Å²) in [6.45, 7) is 0.752. The third-order valence-corrected chi connectivity index (χ3v) is 6.53. The van der Waals surface area contributed by atoms with Crippen LogP contribution < -0.4 is 10.5 Å². The molecular weight excluding hydrogens is 464 g/mol. The molecule has 0 fully saturated rings. The van der Waals surface area contributed by atoms with Gasteiger partial charge in [-0.2, -0.15) is 0 Å². The minimum Gasteiger partial charge on any atom is -0.489 e. The molecule has 37 heavy (non-hydrogen) atoms. The second-order valence-corrected chi connectivity index (χ2v) is 8.95. The molecule has 2 heterocycles. The van der Waals surface area contributed by atoms with Gasteiger partial charge in [0.15, 0.2) is 0 Å². The molecule has 2 aromatic heterocycles. The standard InChI is InChI=1S/C31H28N2O4/c32-19-22-4-3-6-23(16-22)28-17-25(20-37-29-7-2-1-5-24(29)18-30(34)35)26(27-12-15-36-31(27)28)9-8-21-10-13-33-14-11-21/h1-7,10-17H,8-9,18-20,32H2,(H,34,35). The molecule has 5 rings (SSSR count). The third kappa shape index (κ3) is 5.55. The maximum atomic E-state index is 11.4. The molecule has 5 aromatic rings. The minimum atomic E-state index is -0.893. The third-order valence-electron chi connectivity index (χ3n) is 6.53. The van der Waals surface area contributed by atoms with Gasteiger partial charge in [-0.1, -0.05) is 36.4 Å². The van der Waals surface area contributed by atoms with Crippen molar-refractivity contribution in [1.82, 2.24) is 4.98 Å². The Morgan fingerprint density at radius 2 is 1.76 bits per heavy atom. The van der Waals surface area contributed by atoms with Crippen LogP contribution >= 0.6 is 0 Å².